The Hall–Kier alpha value is -5.02. The molecule has 2 N–H and O–H groups in total. The third-order valence-corrected chi connectivity index (χ3v) is 7.09. The van der Waals surface area contributed by atoms with Crippen molar-refractivity contribution in [2.45, 2.75) is 45.7 Å². The molecule has 3 heterocycles. The van der Waals surface area contributed by atoms with Gasteiger partial charge >= 0.3 is 0 Å². The summed E-state index contributed by atoms with van der Waals surface area (Å²) in [6.45, 7) is 7.03. The molecule has 198 valence electrons. The second kappa shape index (κ2) is 9.94. The average molecular weight is 528 g/mol. The van der Waals surface area contributed by atoms with Crippen molar-refractivity contribution in [2.75, 3.05) is 17.2 Å². The molecule has 1 saturated carbocycles. The molecule has 6 rings (SSSR count). The zero-order valence-corrected chi connectivity index (χ0v) is 22.7. The van der Waals surface area contributed by atoms with E-state index >= 15 is 0 Å². The highest BCUT2D eigenvalue weighted by molar-refractivity contribution is 5.99. The van der Waals surface area contributed by atoms with Crippen molar-refractivity contribution in [1.82, 2.24) is 25.0 Å². The summed E-state index contributed by atoms with van der Waals surface area (Å²) in [6, 6.07) is 16.5. The standard InChI is InChI=1S/C31H29N9/c1-31(2,3)18-36-29-21(14-33)16-35-28-20(13-32)11-22(12-26(28)29)37-30(27-17-40(39-38-27)23-7-8-23)25-6-4-5-19-15-34-10-9-24(19)25/h4-6,9-12,15-17,23,30,37H,7-8,18H2,1-3H3,(H,35,36)/t30-/m0/s1. The molecule has 3 aromatic heterocycles. The number of anilines is 2. The zero-order chi connectivity index (χ0) is 27.9. The average Bonchev–Trinajstić information content (AvgIpc) is 3.69. The molecule has 5 aromatic rings. The molecule has 1 fully saturated rings. The number of nitriles is 2. The van der Waals surface area contributed by atoms with Crippen molar-refractivity contribution in [2.24, 2.45) is 5.41 Å². The van der Waals surface area contributed by atoms with Gasteiger partial charge in [-0.15, -0.1) is 5.10 Å². The van der Waals surface area contributed by atoms with Crippen molar-refractivity contribution in [3.05, 3.63) is 83.6 Å². The van der Waals surface area contributed by atoms with Crippen LogP contribution in [-0.2, 0) is 0 Å². The lowest BCUT2D eigenvalue weighted by molar-refractivity contribution is 0.443. The number of hydrogen-bond donors (Lipinski definition) is 2. The molecule has 1 atom stereocenters. The lowest BCUT2D eigenvalue weighted by Gasteiger charge is -2.23. The minimum atomic E-state index is -0.347. The number of rotatable bonds is 7. The van der Waals surface area contributed by atoms with Gasteiger partial charge in [-0.2, -0.15) is 10.5 Å². The topological polar surface area (TPSA) is 128 Å². The van der Waals surface area contributed by atoms with E-state index in [0.29, 0.717) is 40.3 Å². The first-order valence-electron chi connectivity index (χ1n) is 13.4. The van der Waals surface area contributed by atoms with Gasteiger partial charge < -0.3 is 10.6 Å². The number of nitrogens with zero attached hydrogens (tertiary/aromatic N) is 7. The molecule has 0 amide bonds. The van der Waals surface area contributed by atoms with E-state index in [2.05, 4.69) is 69.9 Å². The summed E-state index contributed by atoms with van der Waals surface area (Å²) < 4.78 is 1.94. The van der Waals surface area contributed by atoms with Crippen LogP contribution in [0.25, 0.3) is 21.7 Å². The van der Waals surface area contributed by atoms with Crippen molar-refractivity contribution in [1.29, 1.82) is 10.5 Å². The van der Waals surface area contributed by atoms with Crippen molar-refractivity contribution >= 4 is 33.1 Å². The van der Waals surface area contributed by atoms with Crippen LogP contribution in [0, 0.1) is 28.1 Å². The largest absolute Gasteiger partial charge is 0.383 e. The number of fused-ring (bicyclic) bond motifs is 2. The second-order valence-electron chi connectivity index (χ2n) is 11.5. The molecule has 2 aromatic carbocycles. The third kappa shape index (κ3) is 4.90. The minimum absolute atomic E-state index is 0.0159. The number of pyridine rings is 2. The number of nitrogens with one attached hydrogen (secondary N) is 2. The number of hydrogen-bond acceptors (Lipinski definition) is 8. The summed E-state index contributed by atoms with van der Waals surface area (Å²) in [6.07, 6.45) is 9.39. The van der Waals surface area contributed by atoms with Crippen molar-refractivity contribution in [3.8, 4) is 12.1 Å². The van der Waals surface area contributed by atoms with E-state index in [1.54, 1.807) is 12.3 Å². The molecular weight excluding hydrogens is 498 g/mol. The summed E-state index contributed by atoms with van der Waals surface area (Å²) in [5, 5.41) is 38.8. The molecule has 0 saturated heterocycles. The fourth-order valence-electron chi connectivity index (χ4n) is 4.92. The zero-order valence-electron chi connectivity index (χ0n) is 22.7. The fraction of sp³-hybridized carbons (Fsp3) is 0.290. The van der Waals surface area contributed by atoms with Gasteiger partial charge in [0.2, 0.25) is 0 Å². The highest BCUT2D eigenvalue weighted by Gasteiger charge is 2.28. The van der Waals surface area contributed by atoms with E-state index in [4.69, 9.17) is 0 Å². The molecule has 0 aliphatic heterocycles. The maximum atomic E-state index is 10.1. The molecule has 9 nitrogen and oxygen atoms in total. The molecule has 9 heteroatoms. The predicted molar refractivity (Wildman–Crippen MR) is 155 cm³/mol. The Bertz CT molecular complexity index is 1810. The minimum Gasteiger partial charge on any atom is -0.383 e. The first kappa shape index (κ1) is 25.3. The van der Waals surface area contributed by atoms with E-state index in [0.717, 1.165) is 40.6 Å². The summed E-state index contributed by atoms with van der Waals surface area (Å²) in [5.74, 6) is 0. The quantitative estimate of drug-likeness (QED) is 0.259. The Morgan fingerprint density at radius 1 is 1.05 bits per heavy atom. The monoisotopic (exact) mass is 527 g/mol. The SMILES string of the molecule is CC(C)(C)CNc1c(C#N)cnc2c(C#N)cc(N[C@H](c3cn(C4CC4)nn3)c3cccc4cnccc34)cc12. The van der Waals surface area contributed by atoms with Gasteiger partial charge in [0, 0.05) is 41.6 Å². The van der Waals surface area contributed by atoms with Crippen LogP contribution in [0.5, 0.6) is 0 Å². The van der Waals surface area contributed by atoms with Crippen LogP contribution < -0.4 is 10.6 Å². The molecule has 0 bridgehead atoms. The van der Waals surface area contributed by atoms with Crippen LogP contribution in [0.1, 0.15) is 68.1 Å². The smallest absolute Gasteiger partial charge is 0.109 e. The highest BCUT2D eigenvalue weighted by Crippen LogP contribution is 2.37. The second-order valence-corrected chi connectivity index (χ2v) is 11.5. The Morgan fingerprint density at radius 2 is 1.88 bits per heavy atom. The molecule has 1 aliphatic carbocycles. The first-order valence-corrected chi connectivity index (χ1v) is 13.4. The number of benzene rings is 2. The molecular formula is C31H29N9. The predicted octanol–water partition coefficient (Wildman–Crippen LogP) is 6.11. The van der Waals surface area contributed by atoms with E-state index in [9.17, 15) is 10.5 Å². The van der Waals surface area contributed by atoms with E-state index in [1.807, 2.05) is 41.3 Å². The first-order chi connectivity index (χ1) is 19.3. The van der Waals surface area contributed by atoms with Crippen molar-refractivity contribution < 1.29 is 0 Å². The molecule has 0 unspecified atom stereocenters. The Kier molecular flexibility index (Phi) is 6.28. The fourth-order valence-corrected chi connectivity index (χ4v) is 4.92. The van der Waals surface area contributed by atoms with Gasteiger partial charge in [-0.1, -0.05) is 44.2 Å². The van der Waals surface area contributed by atoms with Gasteiger partial charge in [-0.25, -0.2) is 4.68 Å². The lowest BCUT2D eigenvalue weighted by atomic mass is 9.96. The Balaban J connectivity index is 1.50. The van der Waals surface area contributed by atoms with Gasteiger partial charge in [0.05, 0.1) is 40.6 Å². The maximum Gasteiger partial charge on any atom is 0.109 e. The lowest BCUT2D eigenvalue weighted by Crippen LogP contribution is -2.20. The number of aromatic nitrogens is 5. The van der Waals surface area contributed by atoms with E-state index < -0.39 is 0 Å². The van der Waals surface area contributed by atoms with Gasteiger partial charge in [0.25, 0.3) is 0 Å². The molecule has 0 radical (unpaired) electrons. The Morgan fingerprint density at radius 3 is 2.62 bits per heavy atom. The van der Waals surface area contributed by atoms with Crippen LogP contribution in [0.15, 0.2) is 61.2 Å². The summed E-state index contributed by atoms with van der Waals surface area (Å²) in [7, 11) is 0. The summed E-state index contributed by atoms with van der Waals surface area (Å²) in [4.78, 5) is 8.78. The van der Waals surface area contributed by atoms with Crippen LogP contribution in [0.3, 0.4) is 0 Å². The Labute approximate surface area is 232 Å². The van der Waals surface area contributed by atoms with Crippen LogP contribution in [0.4, 0.5) is 11.4 Å². The van der Waals surface area contributed by atoms with Crippen LogP contribution in [0.2, 0.25) is 0 Å². The molecule has 40 heavy (non-hydrogen) atoms. The summed E-state index contributed by atoms with van der Waals surface area (Å²) in [5.41, 5.74) is 4.59. The van der Waals surface area contributed by atoms with Crippen molar-refractivity contribution in [3.63, 3.8) is 0 Å². The van der Waals surface area contributed by atoms with Gasteiger partial charge in [0.15, 0.2) is 0 Å². The summed E-state index contributed by atoms with van der Waals surface area (Å²) >= 11 is 0. The van der Waals surface area contributed by atoms with E-state index in [1.165, 1.54) is 6.20 Å². The van der Waals surface area contributed by atoms with Crippen LogP contribution in [-0.4, -0.2) is 31.5 Å². The highest BCUT2D eigenvalue weighted by atomic mass is 15.4. The van der Waals surface area contributed by atoms with Gasteiger partial charge in [-0.05, 0) is 47.4 Å². The normalized spacial score (nSPS) is 14.0. The molecule has 0 spiro atoms. The van der Waals surface area contributed by atoms with Crippen LogP contribution >= 0.6 is 0 Å². The maximum absolute atomic E-state index is 10.1. The van der Waals surface area contributed by atoms with Gasteiger partial charge in [-0.3, -0.25) is 9.97 Å². The third-order valence-electron chi connectivity index (χ3n) is 7.09. The van der Waals surface area contributed by atoms with E-state index in [-0.39, 0.29) is 11.5 Å². The van der Waals surface area contributed by atoms with Gasteiger partial charge in [0.1, 0.15) is 17.8 Å². The molecule has 1 aliphatic rings.